The van der Waals surface area contributed by atoms with E-state index >= 15 is 0 Å². The largest absolute Gasteiger partial charge is 0.390 e. The van der Waals surface area contributed by atoms with Crippen LogP contribution in [0.5, 0.6) is 0 Å². The zero-order valence-corrected chi connectivity index (χ0v) is 14.5. The summed E-state index contributed by atoms with van der Waals surface area (Å²) in [7, 11) is 0. The standard InChI is InChI=1S/C19H22N2O2S/c22-17(21-10-6-15(7-11-21)19(23)8-9-19)12-16-13-24-18(20-16)14-4-2-1-3-5-14/h1-5,13,15,23H,6-12H2. The van der Waals surface area contributed by atoms with Crippen LogP contribution in [0.1, 0.15) is 31.4 Å². The summed E-state index contributed by atoms with van der Waals surface area (Å²) in [4.78, 5) is 19.1. The average molecular weight is 342 g/mol. The molecule has 1 aliphatic carbocycles. The Morgan fingerprint density at radius 3 is 2.62 bits per heavy atom. The first kappa shape index (κ1) is 15.8. The van der Waals surface area contributed by atoms with E-state index in [1.807, 2.05) is 40.6 Å². The van der Waals surface area contributed by atoms with Crippen molar-refractivity contribution in [1.29, 1.82) is 0 Å². The Labute approximate surface area is 146 Å². The Morgan fingerprint density at radius 2 is 1.96 bits per heavy atom. The first-order valence-corrected chi connectivity index (χ1v) is 9.52. The van der Waals surface area contributed by atoms with Crippen LogP contribution < -0.4 is 0 Å². The molecule has 1 saturated carbocycles. The van der Waals surface area contributed by atoms with Gasteiger partial charge in [0.15, 0.2) is 0 Å². The van der Waals surface area contributed by atoms with E-state index < -0.39 is 5.60 Å². The molecule has 1 aromatic heterocycles. The van der Waals surface area contributed by atoms with Crippen molar-refractivity contribution in [3.05, 3.63) is 41.4 Å². The maximum absolute atomic E-state index is 12.5. The first-order valence-electron chi connectivity index (χ1n) is 8.64. The van der Waals surface area contributed by atoms with E-state index in [1.54, 1.807) is 11.3 Å². The minimum absolute atomic E-state index is 0.154. The van der Waals surface area contributed by atoms with Crippen LogP contribution >= 0.6 is 11.3 Å². The molecule has 1 aliphatic heterocycles. The van der Waals surface area contributed by atoms with Gasteiger partial charge in [0.2, 0.25) is 5.91 Å². The molecular weight excluding hydrogens is 320 g/mol. The van der Waals surface area contributed by atoms with Crippen LogP contribution in [0, 0.1) is 5.92 Å². The third kappa shape index (κ3) is 3.23. The van der Waals surface area contributed by atoms with Crippen molar-refractivity contribution in [2.45, 2.75) is 37.7 Å². The highest BCUT2D eigenvalue weighted by Crippen LogP contribution is 2.46. The van der Waals surface area contributed by atoms with Crippen molar-refractivity contribution in [2.75, 3.05) is 13.1 Å². The van der Waals surface area contributed by atoms with Crippen LogP contribution in [0.2, 0.25) is 0 Å². The fourth-order valence-corrected chi connectivity index (χ4v) is 4.40. The second-order valence-corrected chi connectivity index (χ2v) is 7.80. The summed E-state index contributed by atoms with van der Waals surface area (Å²) < 4.78 is 0. The van der Waals surface area contributed by atoms with E-state index in [4.69, 9.17) is 0 Å². The van der Waals surface area contributed by atoms with Crippen molar-refractivity contribution in [1.82, 2.24) is 9.88 Å². The number of aliphatic hydroxyl groups is 1. The third-order valence-electron chi connectivity index (χ3n) is 5.27. The summed E-state index contributed by atoms with van der Waals surface area (Å²) in [5.74, 6) is 0.534. The molecule has 5 heteroatoms. The maximum atomic E-state index is 12.5. The lowest BCUT2D eigenvalue weighted by molar-refractivity contribution is -0.132. The van der Waals surface area contributed by atoms with Crippen LogP contribution in [0.25, 0.3) is 10.6 Å². The van der Waals surface area contributed by atoms with Gasteiger partial charge < -0.3 is 10.0 Å². The lowest BCUT2D eigenvalue weighted by atomic mass is 9.89. The summed E-state index contributed by atoms with van der Waals surface area (Å²) in [6, 6.07) is 10.1. The molecule has 4 rings (SSSR count). The molecule has 0 unspecified atom stereocenters. The lowest BCUT2D eigenvalue weighted by Crippen LogP contribution is -2.42. The minimum Gasteiger partial charge on any atom is -0.390 e. The molecule has 2 aliphatic rings. The number of benzene rings is 1. The molecule has 1 aromatic carbocycles. The first-order chi connectivity index (χ1) is 11.6. The second-order valence-electron chi connectivity index (χ2n) is 6.95. The van der Waals surface area contributed by atoms with Crippen LogP contribution in [0.3, 0.4) is 0 Å². The Balaban J connectivity index is 1.34. The van der Waals surface area contributed by atoms with Crippen LogP contribution in [0.15, 0.2) is 35.7 Å². The summed E-state index contributed by atoms with van der Waals surface area (Å²) in [5, 5.41) is 13.2. The van der Waals surface area contributed by atoms with Gasteiger partial charge in [0.25, 0.3) is 0 Å². The van der Waals surface area contributed by atoms with Crippen molar-refractivity contribution in [2.24, 2.45) is 5.92 Å². The molecule has 2 fully saturated rings. The highest BCUT2D eigenvalue weighted by molar-refractivity contribution is 7.13. The fourth-order valence-electron chi connectivity index (χ4n) is 3.57. The van der Waals surface area contributed by atoms with Crippen LogP contribution in [0.4, 0.5) is 0 Å². The topological polar surface area (TPSA) is 53.4 Å². The number of amides is 1. The zero-order chi connectivity index (χ0) is 16.6. The molecule has 126 valence electrons. The van der Waals surface area contributed by atoms with E-state index in [9.17, 15) is 9.90 Å². The molecule has 1 N–H and O–H groups in total. The highest BCUT2D eigenvalue weighted by Gasteiger charge is 2.48. The zero-order valence-electron chi connectivity index (χ0n) is 13.6. The van der Waals surface area contributed by atoms with Crippen molar-refractivity contribution in [3.8, 4) is 10.6 Å². The maximum Gasteiger partial charge on any atom is 0.228 e. The number of carbonyl (C=O) groups is 1. The van der Waals surface area contributed by atoms with E-state index in [0.717, 1.165) is 55.0 Å². The number of likely N-dealkylation sites (tertiary alicyclic amines) is 1. The minimum atomic E-state index is -0.408. The van der Waals surface area contributed by atoms with Gasteiger partial charge in [-0.2, -0.15) is 0 Å². The molecular formula is C19H22N2O2S. The Kier molecular flexibility index (Phi) is 4.14. The summed E-state index contributed by atoms with van der Waals surface area (Å²) >= 11 is 1.59. The second kappa shape index (κ2) is 6.30. The Hall–Kier alpha value is -1.72. The van der Waals surface area contributed by atoms with Gasteiger partial charge in [0, 0.05) is 24.0 Å². The van der Waals surface area contributed by atoms with E-state index in [0.29, 0.717) is 12.3 Å². The summed E-state index contributed by atoms with van der Waals surface area (Å²) in [6.45, 7) is 1.53. The average Bonchev–Trinajstić information content (AvgIpc) is 3.20. The molecule has 1 amide bonds. The number of rotatable bonds is 4. The summed E-state index contributed by atoms with van der Waals surface area (Å²) in [5.41, 5.74) is 1.54. The highest BCUT2D eigenvalue weighted by atomic mass is 32.1. The van der Waals surface area contributed by atoms with Gasteiger partial charge in [-0.05, 0) is 31.6 Å². The van der Waals surface area contributed by atoms with E-state index in [1.165, 1.54) is 0 Å². The normalized spacial score (nSPS) is 20.1. The number of piperidine rings is 1. The molecule has 1 saturated heterocycles. The molecule has 2 heterocycles. The number of carbonyl (C=O) groups excluding carboxylic acids is 1. The number of thiazole rings is 1. The number of aromatic nitrogens is 1. The molecule has 0 atom stereocenters. The van der Waals surface area contributed by atoms with Crippen molar-refractivity contribution in [3.63, 3.8) is 0 Å². The molecule has 0 radical (unpaired) electrons. The van der Waals surface area contributed by atoms with E-state index in [2.05, 4.69) is 4.98 Å². The number of nitrogens with zero attached hydrogens (tertiary/aromatic N) is 2. The predicted molar refractivity (Wildman–Crippen MR) is 94.7 cm³/mol. The van der Waals surface area contributed by atoms with Crippen molar-refractivity contribution < 1.29 is 9.90 Å². The molecule has 2 aromatic rings. The van der Waals surface area contributed by atoms with Gasteiger partial charge in [-0.25, -0.2) is 4.98 Å². The van der Waals surface area contributed by atoms with Gasteiger partial charge in [-0.3, -0.25) is 4.79 Å². The van der Waals surface area contributed by atoms with Gasteiger partial charge in [-0.15, -0.1) is 11.3 Å². The predicted octanol–water partition coefficient (Wildman–Crippen LogP) is 3.12. The lowest BCUT2D eigenvalue weighted by Gasteiger charge is -2.34. The smallest absolute Gasteiger partial charge is 0.228 e. The fraction of sp³-hybridized carbons (Fsp3) is 0.474. The Bertz CT molecular complexity index is 716. The summed E-state index contributed by atoms with van der Waals surface area (Å²) in [6.07, 6.45) is 4.10. The van der Waals surface area contributed by atoms with Crippen LogP contribution in [-0.2, 0) is 11.2 Å². The van der Waals surface area contributed by atoms with Gasteiger partial charge >= 0.3 is 0 Å². The molecule has 4 nitrogen and oxygen atoms in total. The quantitative estimate of drug-likeness (QED) is 0.929. The van der Waals surface area contributed by atoms with Gasteiger partial charge in [0.05, 0.1) is 17.7 Å². The molecule has 24 heavy (non-hydrogen) atoms. The third-order valence-corrected chi connectivity index (χ3v) is 6.21. The monoisotopic (exact) mass is 342 g/mol. The Morgan fingerprint density at radius 1 is 1.25 bits per heavy atom. The molecule has 0 bridgehead atoms. The molecule has 0 spiro atoms. The van der Waals surface area contributed by atoms with E-state index in [-0.39, 0.29) is 5.91 Å². The van der Waals surface area contributed by atoms with Crippen LogP contribution in [-0.4, -0.2) is 39.6 Å². The SMILES string of the molecule is O=C(Cc1csc(-c2ccccc2)n1)N1CCC(C2(O)CC2)CC1. The van der Waals surface area contributed by atoms with Gasteiger partial charge in [-0.1, -0.05) is 30.3 Å². The number of hydrogen-bond acceptors (Lipinski definition) is 4. The van der Waals surface area contributed by atoms with Crippen molar-refractivity contribution >= 4 is 17.2 Å². The van der Waals surface area contributed by atoms with Gasteiger partial charge in [0.1, 0.15) is 5.01 Å². The number of hydrogen-bond donors (Lipinski definition) is 1.